The van der Waals surface area contributed by atoms with E-state index in [1.165, 1.54) is 32.1 Å². The second-order valence-electron chi connectivity index (χ2n) is 10.5. The van der Waals surface area contributed by atoms with Crippen LogP contribution in [0.5, 0.6) is 0 Å². The molecule has 26 heavy (non-hydrogen) atoms. The molecular weight excluding hydrogens is 320 g/mol. The molecule has 0 spiro atoms. The van der Waals surface area contributed by atoms with Crippen molar-refractivity contribution in [2.75, 3.05) is 6.61 Å². The molecule has 138 valence electrons. The maximum atomic E-state index is 12.1. The number of ether oxygens (including phenoxy) is 1. The third kappa shape index (κ3) is 2.05. The van der Waals surface area contributed by atoms with Crippen molar-refractivity contribution in [2.45, 2.75) is 52.9 Å². The van der Waals surface area contributed by atoms with Crippen molar-refractivity contribution in [1.29, 1.82) is 0 Å². The molecule has 0 heterocycles. The highest BCUT2D eigenvalue weighted by Gasteiger charge is 2.72. The Bertz CT molecular complexity index is 720. The van der Waals surface area contributed by atoms with Gasteiger partial charge in [-0.3, -0.25) is 0 Å². The van der Waals surface area contributed by atoms with Gasteiger partial charge in [0.15, 0.2) is 0 Å². The maximum absolute atomic E-state index is 12.1. The maximum Gasteiger partial charge on any atom is 0.384 e. The van der Waals surface area contributed by atoms with Gasteiger partial charge in [-0.15, -0.1) is 6.42 Å². The first-order chi connectivity index (χ1) is 12.4. The molecule has 0 aromatic heterocycles. The van der Waals surface area contributed by atoms with Gasteiger partial charge < -0.3 is 4.74 Å². The van der Waals surface area contributed by atoms with Crippen molar-refractivity contribution in [3.63, 3.8) is 0 Å². The van der Waals surface area contributed by atoms with E-state index in [1.807, 2.05) is 0 Å². The molecule has 0 amide bonds. The highest BCUT2D eigenvalue weighted by Crippen LogP contribution is 2.77. The van der Waals surface area contributed by atoms with Gasteiger partial charge in [0.25, 0.3) is 0 Å². The van der Waals surface area contributed by atoms with Crippen LogP contribution < -0.4 is 0 Å². The minimum Gasteiger partial charge on any atom is -0.456 e. The summed E-state index contributed by atoms with van der Waals surface area (Å²) in [6, 6.07) is 0. The minimum atomic E-state index is -0.336. The largest absolute Gasteiger partial charge is 0.456 e. The van der Waals surface area contributed by atoms with E-state index in [0.29, 0.717) is 18.4 Å². The second kappa shape index (κ2) is 5.32. The first kappa shape index (κ1) is 16.7. The number of esters is 1. The third-order valence-electron chi connectivity index (χ3n) is 8.98. The standard InChI is InChI=1S/C24H30O2/c1-5-23-8-16-17-11-24(7-6-21(25)26-13-14(2)3)12-18(16)20(10-23)22(15(24)4)19(17)9-23/h1,14-20,22H,8-13H2,2-4H3. The molecule has 7 saturated carbocycles. The summed E-state index contributed by atoms with van der Waals surface area (Å²) < 4.78 is 5.30. The molecule has 2 heteroatoms. The van der Waals surface area contributed by atoms with E-state index < -0.39 is 0 Å². The van der Waals surface area contributed by atoms with Crippen LogP contribution in [0.1, 0.15) is 52.9 Å². The Balaban J connectivity index is 1.43. The van der Waals surface area contributed by atoms with Crippen LogP contribution in [0.25, 0.3) is 0 Å². The van der Waals surface area contributed by atoms with Crippen LogP contribution in [-0.4, -0.2) is 12.6 Å². The topological polar surface area (TPSA) is 26.3 Å². The van der Waals surface area contributed by atoms with E-state index in [1.54, 1.807) is 0 Å². The first-order valence-corrected chi connectivity index (χ1v) is 10.6. The zero-order valence-corrected chi connectivity index (χ0v) is 16.3. The van der Waals surface area contributed by atoms with Gasteiger partial charge in [0.1, 0.15) is 0 Å². The summed E-state index contributed by atoms with van der Waals surface area (Å²) in [4.78, 5) is 12.1. The Hall–Kier alpha value is -1.41. The monoisotopic (exact) mass is 350 g/mol. The minimum absolute atomic E-state index is 0.0494. The predicted molar refractivity (Wildman–Crippen MR) is 100 cm³/mol. The SMILES string of the molecule is C#CC12CC3C4CC5(C#CC(=O)OCC(C)C)CC3C(C1)C(C4C2)C5C. The number of terminal acetylenes is 1. The average Bonchev–Trinajstić information content (AvgIpc) is 2.63. The molecular formula is C24H30O2. The third-order valence-corrected chi connectivity index (χ3v) is 8.98. The molecule has 8 bridgehead atoms. The normalized spacial score (nSPS) is 51.9. The summed E-state index contributed by atoms with van der Waals surface area (Å²) >= 11 is 0. The number of hydrogen-bond acceptors (Lipinski definition) is 2. The Morgan fingerprint density at radius 1 is 1.08 bits per heavy atom. The quantitative estimate of drug-likeness (QED) is 0.425. The lowest BCUT2D eigenvalue weighted by Gasteiger charge is -2.75. The Morgan fingerprint density at radius 3 is 2.23 bits per heavy atom. The van der Waals surface area contributed by atoms with Gasteiger partial charge in [0.2, 0.25) is 0 Å². The van der Waals surface area contributed by atoms with Gasteiger partial charge in [-0.1, -0.05) is 32.6 Å². The van der Waals surface area contributed by atoms with Crippen LogP contribution in [0.15, 0.2) is 0 Å². The van der Waals surface area contributed by atoms with Crippen molar-refractivity contribution in [1.82, 2.24) is 0 Å². The van der Waals surface area contributed by atoms with Crippen LogP contribution in [0.2, 0.25) is 0 Å². The number of carbonyl (C=O) groups excluding carboxylic acids is 1. The lowest BCUT2D eigenvalue weighted by molar-refractivity contribution is -0.257. The molecule has 2 nitrogen and oxygen atoms in total. The van der Waals surface area contributed by atoms with E-state index >= 15 is 0 Å². The molecule has 5 unspecified atom stereocenters. The molecule has 5 atom stereocenters. The molecule has 7 fully saturated rings. The van der Waals surface area contributed by atoms with Crippen molar-refractivity contribution < 1.29 is 9.53 Å². The number of hydrogen-bond donors (Lipinski definition) is 0. The molecule has 7 rings (SSSR count). The van der Waals surface area contributed by atoms with Crippen LogP contribution in [-0.2, 0) is 9.53 Å². The first-order valence-electron chi connectivity index (χ1n) is 10.6. The predicted octanol–water partition coefficient (Wildman–Crippen LogP) is 4.15. The van der Waals surface area contributed by atoms with Crippen LogP contribution >= 0.6 is 0 Å². The van der Waals surface area contributed by atoms with Crippen LogP contribution in [0.3, 0.4) is 0 Å². The fraction of sp³-hybridized carbons (Fsp3) is 0.792. The highest BCUT2D eigenvalue weighted by molar-refractivity contribution is 5.88. The Kier molecular flexibility index (Phi) is 3.42. The lowest BCUT2D eigenvalue weighted by Crippen LogP contribution is -2.69. The summed E-state index contributed by atoms with van der Waals surface area (Å²) in [6.45, 7) is 6.98. The van der Waals surface area contributed by atoms with Crippen molar-refractivity contribution in [2.24, 2.45) is 58.2 Å². The van der Waals surface area contributed by atoms with E-state index in [-0.39, 0.29) is 16.8 Å². The molecule has 7 aliphatic rings. The Morgan fingerprint density at radius 2 is 1.65 bits per heavy atom. The molecule has 0 saturated heterocycles. The van der Waals surface area contributed by atoms with Crippen LogP contribution in [0, 0.1) is 82.4 Å². The van der Waals surface area contributed by atoms with E-state index in [4.69, 9.17) is 11.2 Å². The van der Waals surface area contributed by atoms with E-state index in [9.17, 15) is 4.79 Å². The summed E-state index contributed by atoms with van der Waals surface area (Å²) in [5, 5.41) is 0. The van der Waals surface area contributed by atoms with Crippen molar-refractivity contribution >= 4 is 5.97 Å². The average molecular weight is 351 g/mol. The zero-order chi connectivity index (χ0) is 18.3. The zero-order valence-electron chi connectivity index (χ0n) is 16.3. The molecule has 0 N–H and O–H groups in total. The fourth-order valence-electron chi connectivity index (χ4n) is 8.18. The van der Waals surface area contributed by atoms with Crippen molar-refractivity contribution in [3.8, 4) is 24.2 Å². The number of rotatable bonds is 2. The van der Waals surface area contributed by atoms with Gasteiger partial charge >= 0.3 is 5.97 Å². The summed E-state index contributed by atoms with van der Waals surface area (Å²) in [7, 11) is 0. The van der Waals surface area contributed by atoms with E-state index in [0.717, 1.165) is 35.5 Å². The van der Waals surface area contributed by atoms with Gasteiger partial charge in [0.05, 0.1) is 6.61 Å². The molecule has 0 radical (unpaired) electrons. The lowest BCUT2D eigenvalue weighted by atomic mass is 9.29. The van der Waals surface area contributed by atoms with Gasteiger partial charge in [-0.2, -0.15) is 0 Å². The Labute approximate surface area is 157 Å². The highest BCUT2D eigenvalue weighted by atomic mass is 16.5. The summed E-state index contributed by atoms with van der Waals surface area (Å²) in [5.74, 6) is 15.1. The molecule has 7 aliphatic carbocycles. The van der Waals surface area contributed by atoms with Gasteiger partial charge in [-0.05, 0) is 79.4 Å². The van der Waals surface area contributed by atoms with Gasteiger partial charge in [0, 0.05) is 16.8 Å². The van der Waals surface area contributed by atoms with E-state index in [2.05, 4.69) is 38.5 Å². The second-order valence-corrected chi connectivity index (χ2v) is 10.5. The van der Waals surface area contributed by atoms with Gasteiger partial charge in [-0.25, -0.2) is 4.79 Å². The fourth-order valence-corrected chi connectivity index (χ4v) is 8.18. The molecule has 0 aromatic rings. The van der Waals surface area contributed by atoms with Crippen molar-refractivity contribution in [3.05, 3.63) is 0 Å². The molecule has 0 aromatic carbocycles. The summed E-state index contributed by atoms with van der Waals surface area (Å²) in [5.41, 5.74) is 0.265. The molecule has 0 aliphatic heterocycles. The smallest absolute Gasteiger partial charge is 0.384 e. The van der Waals surface area contributed by atoms with Crippen LogP contribution in [0.4, 0.5) is 0 Å². The summed E-state index contributed by atoms with van der Waals surface area (Å²) in [6.07, 6.45) is 12.1. The number of carbonyl (C=O) groups is 1.